The first kappa shape index (κ1) is 10.9. The van der Waals surface area contributed by atoms with E-state index in [1.54, 1.807) is 0 Å². The topological polar surface area (TPSA) is 66.4 Å². The first-order valence-corrected chi connectivity index (χ1v) is 5.59. The number of fused-ring (bicyclic) bond motifs is 1. The van der Waals surface area contributed by atoms with Crippen molar-refractivity contribution in [1.82, 2.24) is 0 Å². The summed E-state index contributed by atoms with van der Waals surface area (Å²) in [5.41, 5.74) is 0. The van der Waals surface area contributed by atoms with Gasteiger partial charge in [0.05, 0.1) is 33.0 Å². The third-order valence-electron chi connectivity index (χ3n) is 3.22. The lowest BCUT2D eigenvalue weighted by Gasteiger charge is -2.49. The molecule has 0 bridgehead atoms. The van der Waals surface area contributed by atoms with E-state index in [0.29, 0.717) is 33.0 Å². The van der Waals surface area contributed by atoms with Crippen molar-refractivity contribution < 1.29 is 28.8 Å². The standard InChI is InChI=1S/C10H16O6/c11-9-8-7(13-2-3-14-8)5-16-10(9)6-12-1-4-15-10/h7-9,11H,1-6H2/t7-,8-,9+,10-/m1/s1. The van der Waals surface area contributed by atoms with Crippen LogP contribution in [0.15, 0.2) is 0 Å². The number of rotatable bonds is 0. The summed E-state index contributed by atoms with van der Waals surface area (Å²) in [5, 5.41) is 10.2. The van der Waals surface area contributed by atoms with Crippen molar-refractivity contribution in [3.63, 3.8) is 0 Å². The highest BCUT2D eigenvalue weighted by atomic mass is 16.8. The van der Waals surface area contributed by atoms with Crippen LogP contribution in [0.1, 0.15) is 0 Å². The molecule has 3 saturated heterocycles. The second-order valence-electron chi connectivity index (χ2n) is 4.21. The van der Waals surface area contributed by atoms with Crippen molar-refractivity contribution in [2.24, 2.45) is 0 Å². The minimum Gasteiger partial charge on any atom is -0.385 e. The van der Waals surface area contributed by atoms with E-state index in [2.05, 4.69) is 0 Å². The van der Waals surface area contributed by atoms with Gasteiger partial charge in [0.1, 0.15) is 24.9 Å². The molecule has 92 valence electrons. The number of hydrogen-bond acceptors (Lipinski definition) is 6. The van der Waals surface area contributed by atoms with Crippen LogP contribution in [0.2, 0.25) is 0 Å². The van der Waals surface area contributed by atoms with Crippen LogP contribution in [0.25, 0.3) is 0 Å². The number of ether oxygens (including phenoxy) is 5. The lowest BCUT2D eigenvalue weighted by molar-refractivity contribution is -0.384. The van der Waals surface area contributed by atoms with Gasteiger partial charge in [-0.2, -0.15) is 0 Å². The van der Waals surface area contributed by atoms with Crippen molar-refractivity contribution in [1.29, 1.82) is 0 Å². The smallest absolute Gasteiger partial charge is 0.221 e. The normalized spacial score (nSPS) is 48.9. The van der Waals surface area contributed by atoms with Crippen LogP contribution < -0.4 is 0 Å². The summed E-state index contributed by atoms with van der Waals surface area (Å²) in [4.78, 5) is 0. The largest absolute Gasteiger partial charge is 0.385 e. The summed E-state index contributed by atoms with van der Waals surface area (Å²) in [7, 11) is 0. The van der Waals surface area contributed by atoms with E-state index >= 15 is 0 Å². The molecule has 6 nitrogen and oxygen atoms in total. The maximum Gasteiger partial charge on any atom is 0.221 e. The summed E-state index contributed by atoms with van der Waals surface area (Å²) >= 11 is 0. The van der Waals surface area contributed by atoms with Crippen LogP contribution in [0, 0.1) is 0 Å². The molecule has 16 heavy (non-hydrogen) atoms. The van der Waals surface area contributed by atoms with Crippen LogP contribution in [0.5, 0.6) is 0 Å². The Hall–Kier alpha value is -0.240. The molecule has 3 heterocycles. The van der Waals surface area contributed by atoms with E-state index in [0.717, 1.165) is 0 Å². The summed E-state index contributed by atoms with van der Waals surface area (Å²) < 4.78 is 27.4. The van der Waals surface area contributed by atoms with Gasteiger partial charge in [0, 0.05) is 0 Å². The molecule has 0 aromatic rings. The fourth-order valence-corrected chi connectivity index (χ4v) is 2.37. The van der Waals surface area contributed by atoms with Gasteiger partial charge in [0.15, 0.2) is 0 Å². The van der Waals surface area contributed by atoms with E-state index < -0.39 is 11.9 Å². The molecular formula is C10H16O6. The Kier molecular flexibility index (Phi) is 2.87. The molecule has 4 atom stereocenters. The van der Waals surface area contributed by atoms with Gasteiger partial charge in [0.25, 0.3) is 0 Å². The summed E-state index contributed by atoms with van der Waals surface area (Å²) in [5.74, 6) is -1.07. The summed E-state index contributed by atoms with van der Waals surface area (Å²) in [6, 6.07) is 0. The molecule has 0 aromatic carbocycles. The Morgan fingerprint density at radius 2 is 1.88 bits per heavy atom. The maximum absolute atomic E-state index is 10.2. The molecule has 0 amide bonds. The average molecular weight is 232 g/mol. The molecule has 0 unspecified atom stereocenters. The maximum atomic E-state index is 10.2. The van der Waals surface area contributed by atoms with Crippen molar-refractivity contribution in [3.05, 3.63) is 0 Å². The molecule has 3 aliphatic heterocycles. The van der Waals surface area contributed by atoms with E-state index in [1.165, 1.54) is 0 Å². The molecule has 3 aliphatic rings. The van der Waals surface area contributed by atoms with Gasteiger partial charge in [-0.05, 0) is 0 Å². The Balaban J connectivity index is 1.77. The molecule has 6 heteroatoms. The highest BCUT2D eigenvalue weighted by Crippen LogP contribution is 2.33. The van der Waals surface area contributed by atoms with E-state index in [9.17, 15) is 5.11 Å². The lowest BCUT2D eigenvalue weighted by atomic mass is 9.96. The van der Waals surface area contributed by atoms with Crippen LogP contribution in [0.3, 0.4) is 0 Å². The molecule has 0 aromatic heterocycles. The average Bonchev–Trinajstić information content (AvgIpc) is 2.36. The van der Waals surface area contributed by atoms with E-state index in [1.807, 2.05) is 0 Å². The number of aliphatic hydroxyl groups is 1. The van der Waals surface area contributed by atoms with Gasteiger partial charge in [-0.15, -0.1) is 0 Å². The van der Waals surface area contributed by atoms with Crippen LogP contribution in [0.4, 0.5) is 0 Å². The van der Waals surface area contributed by atoms with Crippen LogP contribution in [-0.2, 0) is 23.7 Å². The summed E-state index contributed by atoms with van der Waals surface area (Å²) in [6.45, 7) is 2.60. The Morgan fingerprint density at radius 1 is 1.00 bits per heavy atom. The number of hydrogen-bond donors (Lipinski definition) is 1. The molecule has 1 N–H and O–H groups in total. The third kappa shape index (κ3) is 1.66. The first-order valence-electron chi connectivity index (χ1n) is 5.59. The highest BCUT2D eigenvalue weighted by Gasteiger charge is 2.54. The lowest BCUT2D eigenvalue weighted by Crippen LogP contribution is -2.67. The fraction of sp³-hybridized carbons (Fsp3) is 1.00. The van der Waals surface area contributed by atoms with Crippen molar-refractivity contribution in [3.8, 4) is 0 Å². The second-order valence-corrected chi connectivity index (χ2v) is 4.21. The summed E-state index contributed by atoms with van der Waals surface area (Å²) in [6.07, 6.45) is -1.46. The van der Waals surface area contributed by atoms with E-state index in [4.69, 9.17) is 23.7 Å². The van der Waals surface area contributed by atoms with Crippen LogP contribution in [-0.4, -0.2) is 68.8 Å². The van der Waals surface area contributed by atoms with Gasteiger partial charge in [-0.3, -0.25) is 0 Å². The van der Waals surface area contributed by atoms with Gasteiger partial charge in [-0.1, -0.05) is 0 Å². The quantitative estimate of drug-likeness (QED) is 0.572. The van der Waals surface area contributed by atoms with Gasteiger partial charge in [0.2, 0.25) is 5.79 Å². The Labute approximate surface area is 93.4 Å². The SMILES string of the molecule is O[C@H]1[C@@H]2OCCO[C@@H]2CO[C@]12COCCO2. The number of aliphatic hydroxyl groups excluding tert-OH is 1. The zero-order chi connectivity index (χ0) is 11.0. The molecule has 0 radical (unpaired) electrons. The van der Waals surface area contributed by atoms with Crippen molar-refractivity contribution in [2.45, 2.75) is 24.1 Å². The third-order valence-corrected chi connectivity index (χ3v) is 3.22. The Morgan fingerprint density at radius 3 is 2.69 bits per heavy atom. The van der Waals surface area contributed by atoms with Crippen molar-refractivity contribution >= 4 is 0 Å². The monoisotopic (exact) mass is 232 g/mol. The Bertz CT molecular complexity index is 252. The minimum absolute atomic E-state index is 0.208. The van der Waals surface area contributed by atoms with Gasteiger partial charge >= 0.3 is 0 Å². The molecule has 1 spiro atoms. The minimum atomic E-state index is -1.07. The zero-order valence-corrected chi connectivity index (χ0v) is 8.96. The van der Waals surface area contributed by atoms with Gasteiger partial charge in [-0.25, -0.2) is 0 Å². The zero-order valence-electron chi connectivity index (χ0n) is 8.96. The first-order chi connectivity index (χ1) is 7.82. The molecular weight excluding hydrogens is 216 g/mol. The van der Waals surface area contributed by atoms with Crippen LogP contribution >= 0.6 is 0 Å². The highest BCUT2D eigenvalue weighted by molar-refractivity contribution is 4.96. The van der Waals surface area contributed by atoms with Crippen molar-refractivity contribution in [2.75, 3.05) is 39.6 Å². The fourth-order valence-electron chi connectivity index (χ4n) is 2.37. The van der Waals surface area contributed by atoms with Gasteiger partial charge < -0.3 is 28.8 Å². The molecule has 0 aliphatic carbocycles. The molecule has 3 rings (SSSR count). The predicted octanol–water partition coefficient (Wildman–Crippen LogP) is -1.10. The second kappa shape index (κ2) is 4.21. The predicted molar refractivity (Wildman–Crippen MR) is 50.9 cm³/mol. The molecule has 0 saturated carbocycles. The van der Waals surface area contributed by atoms with E-state index in [-0.39, 0.29) is 18.8 Å². The molecule has 3 fully saturated rings.